The summed E-state index contributed by atoms with van der Waals surface area (Å²) in [6.45, 7) is 0.666. The molecular weight excluding hydrogens is 460 g/mol. The number of carboxylic acid groups (broad SMARTS) is 1. The van der Waals surface area contributed by atoms with Gasteiger partial charge in [0.1, 0.15) is 23.3 Å². The molecule has 4 N–H and O–H groups in total. The number of rotatable bonds is 7. The van der Waals surface area contributed by atoms with Crippen LogP contribution >= 0.6 is 11.6 Å². The lowest BCUT2D eigenvalue weighted by Crippen LogP contribution is -2.25. The van der Waals surface area contributed by atoms with Gasteiger partial charge in [-0.1, -0.05) is 17.7 Å². The highest BCUT2D eigenvalue weighted by Gasteiger charge is 2.22. The Labute approximate surface area is 198 Å². The van der Waals surface area contributed by atoms with Crippen molar-refractivity contribution in [3.05, 3.63) is 65.6 Å². The Morgan fingerprint density at radius 1 is 1.21 bits per heavy atom. The van der Waals surface area contributed by atoms with E-state index in [0.717, 1.165) is 22.3 Å². The van der Waals surface area contributed by atoms with E-state index in [1.165, 1.54) is 6.33 Å². The number of carbonyl (C=O) groups excluding carboxylic acids is 1. The third-order valence-corrected chi connectivity index (χ3v) is 5.63. The molecule has 0 saturated heterocycles. The monoisotopic (exact) mass is 478 g/mol. The van der Waals surface area contributed by atoms with Gasteiger partial charge in [0, 0.05) is 36.2 Å². The molecular formula is C23H19ClN6O4. The van der Waals surface area contributed by atoms with Crippen molar-refractivity contribution in [2.75, 3.05) is 17.2 Å². The molecule has 0 fully saturated rings. The lowest BCUT2D eigenvalue weighted by molar-refractivity contribution is -0.115. The lowest BCUT2D eigenvalue weighted by Gasteiger charge is -2.13. The Balaban J connectivity index is 1.37. The number of carbonyl (C=O) groups is 2. The molecule has 0 bridgehead atoms. The van der Waals surface area contributed by atoms with E-state index in [-0.39, 0.29) is 18.9 Å². The van der Waals surface area contributed by atoms with E-state index in [2.05, 4.69) is 25.9 Å². The van der Waals surface area contributed by atoms with Crippen molar-refractivity contribution in [1.29, 1.82) is 0 Å². The summed E-state index contributed by atoms with van der Waals surface area (Å²) in [5.74, 6) is 1.51. The first kappa shape index (κ1) is 21.5. The van der Waals surface area contributed by atoms with Gasteiger partial charge in [-0.2, -0.15) is 0 Å². The molecule has 0 radical (unpaired) electrons. The van der Waals surface area contributed by atoms with Gasteiger partial charge in [0.15, 0.2) is 5.82 Å². The van der Waals surface area contributed by atoms with E-state index in [9.17, 15) is 9.59 Å². The average molecular weight is 479 g/mol. The third kappa shape index (κ3) is 4.30. The lowest BCUT2D eigenvalue weighted by atomic mass is 10.1. The normalized spacial score (nSPS) is 12.3. The maximum atomic E-state index is 11.7. The van der Waals surface area contributed by atoms with Crippen LogP contribution in [0.5, 0.6) is 11.5 Å². The van der Waals surface area contributed by atoms with Crippen LogP contribution in [0.3, 0.4) is 0 Å². The van der Waals surface area contributed by atoms with Crippen molar-refractivity contribution in [2.24, 2.45) is 0 Å². The Morgan fingerprint density at radius 2 is 2.09 bits per heavy atom. The van der Waals surface area contributed by atoms with Crippen LogP contribution in [0.15, 0.2) is 55.0 Å². The Morgan fingerprint density at radius 3 is 2.91 bits per heavy atom. The van der Waals surface area contributed by atoms with Crippen molar-refractivity contribution in [3.63, 3.8) is 0 Å². The first-order chi connectivity index (χ1) is 16.5. The fourth-order valence-corrected chi connectivity index (χ4v) is 4.05. The van der Waals surface area contributed by atoms with Gasteiger partial charge in [-0.3, -0.25) is 4.79 Å². The van der Waals surface area contributed by atoms with Crippen LogP contribution in [0.25, 0.3) is 11.0 Å². The number of amides is 2. The molecule has 1 aliphatic heterocycles. The number of hydrogen-bond donors (Lipinski definition) is 4. The summed E-state index contributed by atoms with van der Waals surface area (Å²) in [4.78, 5) is 31.1. The maximum Gasteiger partial charge on any atom is 0.404 e. The van der Waals surface area contributed by atoms with E-state index in [0.29, 0.717) is 34.6 Å². The van der Waals surface area contributed by atoms with Gasteiger partial charge in [-0.15, -0.1) is 0 Å². The second-order valence-corrected chi connectivity index (χ2v) is 7.98. The van der Waals surface area contributed by atoms with Gasteiger partial charge in [0.25, 0.3) is 0 Å². The molecule has 34 heavy (non-hydrogen) atoms. The van der Waals surface area contributed by atoms with Crippen LogP contribution in [0, 0.1) is 0 Å². The second-order valence-electron chi connectivity index (χ2n) is 7.58. The van der Waals surface area contributed by atoms with Crippen molar-refractivity contribution < 1.29 is 19.4 Å². The smallest absolute Gasteiger partial charge is 0.404 e. The summed E-state index contributed by atoms with van der Waals surface area (Å²) in [6, 6.07) is 12.5. The van der Waals surface area contributed by atoms with Gasteiger partial charge in [-0.25, -0.2) is 14.8 Å². The first-order valence-corrected chi connectivity index (χ1v) is 10.8. The van der Waals surface area contributed by atoms with E-state index >= 15 is 0 Å². The number of fused-ring (bicyclic) bond motifs is 2. The van der Waals surface area contributed by atoms with Crippen molar-refractivity contribution in [1.82, 2.24) is 19.9 Å². The van der Waals surface area contributed by atoms with Crippen LogP contribution in [-0.2, 0) is 17.8 Å². The summed E-state index contributed by atoms with van der Waals surface area (Å²) in [5.41, 5.74) is 3.69. The molecule has 2 amide bonds. The van der Waals surface area contributed by atoms with Crippen molar-refractivity contribution >= 4 is 51.8 Å². The van der Waals surface area contributed by atoms with E-state index < -0.39 is 6.09 Å². The third-order valence-electron chi connectivity index (χ3n) is 5.34. The molecule has 2 aromatic carbocycles. The number of aromatic nitrogens is 3. The maximum absolute atomic E-state index is 11.7. The number of nitrogens with zero attached hydrogens (tertiary/aromatic N) is 3. The Bertz CT molecular complexity index is 1420. The Kier molecular flexibility index (Phi) is 5.64. The zero-order valence-electron chi connectivity index (χ0n) is 17.7. The predicted octanol–water partition coefficient (Wildman–Crippen LogP) is 4.38. The minimum Gasteiger partial charge on any atom is -0.465 e. The summed E-state index contributed by atoms with van der Waals surface area (Å²) in [7, 11) is 0. The van der Waals surface area contributed by atoms with E-state index in [4.69, 9.17) is 21.4 Å². The van der Waals surface area contributed by atoms with Crippen LogP contribution in [-0.4, -0.2) is 38.2 Å². The molecule has 11 heteroatoms. The zero-order chi connectivity index (χ0) is 23.7. The Hall–Kier alpha value is -4.31. The minimum absolute atomic E-state index is 0.0728. The van der Waals surface area contributed by atoms with Crippen molar-refractivity contribution in [3.8, 4) is 11.5 Å². The molecule has 0 atom stereocenters. The number of hydrogen-bond acceptors (Lipinski definition) is 6. The summed E-state index contributed by atoms with van der Waals surface area (Å²) in [6.07, 6.45) is 2.46. The van der Waals surface area contributed by atoms with Crippen molar-refractivity contribution in [2.45, 2.75) is 13.0 Å². The zero-order valence-corrected chi connectivity index (χ0v) is 18.5. The second kappa shape index (κ2) is 8.91. The predicted molar refractivity (Wildman–Crippen MR) is 127 cm³/mol. The molecule has 4 aromatic rings. The largest absolute Gasteiger partial charge is 0.465 e. The average Bonchev–Trinajstić information content (AvgIpc) is 3.39. The summed E-state index contributed by atoms with van der Waals surface area (Å²) < 4.78 is 7.88. The van der Waals surface area contributed by atoms with E-state index in [1.54, 1.807) is 24.3 Å². The highest BCUT2D eigenvalue weighted by Crippen LogP contribution is 2.38. The van der Waals surface area contributed by atoms with Gasteiger partial charge in [0.2, 0.25) is 5.91 Å². The fraction of sp³-hybridized carbons (Fsp3) is 0.130. The first-order valence-electron chi connectivity index (χ1n) is 10.4. The number of ether oxygens (including phenoxy) is 1. The van der Waals surface area contributed by atoms with Crippen LogP contribution < -0.4 is 20.7 Å². The van der Waals surface area contributed by atoms with Gasteiger partial charge < -0.3 is 30.4 Å². The van der Waals surface area contributed by atoms with Crippen LogP contribution in [0.1, 0.15) is 5.56 Å². The molecule has 3 heterocycles. The summed E-state index contributed by atoms with van der Waals surface area (Å²) >= 11 is 6.50. The van der Waals surface area contributed by atoms with Gasteiger partial charge >= 0.3 is 6.09 Å². The van der Waals surface area contributed by atoms with Gasteiger partial charge in [0.05, 0.1) is 17.0 Å². The SMILES string of the molecule is O=C(O)NCCn1ccc2ncnc(Nc3ccc(Oc4cccc5c4CC(=O)N5)c(Cl)c3)c21. The molecule has 0 aliphatic carbocycles. The topological polar surface area (TPSA) is 130 Å². The number of halogens is 1. The number of anilines is 3. The molecule has 5 rings (SSSR count). The molecule has 0 saturated carbocycles. The standard InChI is InChI=1S/C23H19ClN6O4/c24-15-10-13(4-5-19(15)34-18-3-1-2-16-14(18)11-20(31)29-16)28-22-21-17(26-12-27-22)6-8-30(21)9-7-25-23(32)33/h1-6,8,10,12,25H,7,9,11H2,(H,29,31)(H,32,33)(H,26,27,28). The van der Waals surface area contributed by atoms with Crippen LogP contribution in [0.2, 0.25) is 5.02 Å². The fourth-order valence-electron chi connectivity index (χ4n) is 3.83. The van der Waals surface area contributed by atoms with Gasteiger partial charge in [-0.05, 0) is 36.4 Å². The molecule has 172 valence electrons. The molecule has 1 aliphatic rings. The highest BCUT2D eigenvalue weighted by atomic mass is 35.5. The minimum atomic E-state index is -1.08. The molecule has 0 unspecified atom stereocenters. The number of benzene rings is 2. The molecule has 2 aromatic heterocycles. The quantitative estimate of drug-likeness (QED) is 0.310. The number of nitrogens with one attached hydrogen (secondary N) is 3. The molecule has 10 nitrogen and oxygen atoms in total. The molecule has 0 spiro atoms. The summed E-state index contributed by atoms with van der Waals surface area (Å²) in [5, 5.41) is 17.6. The van der Waals surface area contributed by atoms with Crippen LogP contribution in [0.4, 0.5) is 22.0 Å². The highest BCUT2D eigenvalue weighted by molar-refractivity contribution is 6.32. The van der Waals surface area contributed by atoms with E-state index in [1.807, 2.05) is 29.0 Å².